The maximum Gasteiger partial charge on any atom is 0.152 e. The minimum absolute atomic E-state index is 0.358. The monoisotopic (exact) mass is 232 g/mol. The number of nitrogens with one attached hydrogen (secondary N) is 1. The van der Waals surface area contributed by atoms with Gasteiger partial charge >= 0.3 is 0 Å². The molecule has 0 bridgehead atoms. The minimum atomic E-state index is -2.72. The summed E-state index contributed by atoms with van der Waals surface area (Å²) in [6.07, 6.45) is 3.60. The van der Waals surface area contributed by atoms with Crippen LogP contribution in [0.5, 0.6) is 0 Å². The van der Waals surface area contributed by atoms with Gasteiger partial charge in [-0.05, 0) is 32.4 Å². The predicted molar refractivity (Wildman–Crippen MR) is 60.7 cm³/mol. The summed E-state index contributed by atoms with van der Waals surface area (Å²) in [5.74, 6) is 0.716. The fourth-order valence-electron chi connectivity index (χ4n) is 2.46. The topological polar surface area (TPSA) is 49.4 Å². The van der Waals surface area contributed by atoms with Gasteiger partial charge in [0.15, 0.2) is 9.84 Å². The Bertz CT molecular complexity index is 281. The van der Waals surface area contributed by atoms with E-state index in [1.165, 1.54) is 19.3 Å². The lowest BCUT2D eigenvalue weighted by atomic mass is 10.1. The van der Waals surface area contributed by atoms with Gasteiger partial charge in [-0.3, -0.25) is 4.90 Å². The van der Waals surface area contributed by atoms with Crippen LogP contribution in [-0.4, -0.2) is 57.0 Å². The van der Waals surface area contributed by atoms with E-state index in [9.17, 15) is 8.42 Å². The van der Waals surface area contributed by atoms with E-state index in [-0.39, 0.29) is 0 Å². The van der Waals surface area contributed by atoms with Gasteiger partial charge in [0.25, 0.3) is 0 Å². The summed E-state index contributed by atoms with van der Waals surface area (Å²) in [6.45, 7) is 3.68. The van der Waals surface area contributed by atoms with Crippen LogP contribution in [0.3, 0.4) is 0 Å². The van der Waals surface area contributed by atoms with E-state index in [0.29, 0.717) is 17.5 Å². The molecule has 1 atom stereocenters. The van der Waals surface area contributed by atoms with Crippen LogP contribution in [0.4, 0.5) is 0 Å². The minimum Gasteiger partial charge on any atom is -0.317 e. The van der Waals surface area contributed by atoms with E-state index in [4.69, 9.17) is 0 Å². The van der Waals surface area contributed by atoms with Gasteiger partial charge in [0.2, 0.25) is 0 Å². The highest BCUT2D eigenvalue weighted by molar-refractivity contribution is 7.91. The molecule has 5 heteroatoms. The van der Waals surface area contributed by atoms with Crippen LogP contribution in [0.1, 0.15) is 19.3 Å². The Kier molecular flexibility index (Phi) is 3.64. The number of hydrogen-bond donors (Lipinski definition) is 1. The summed E-state index contributed by atoms with van der Waals surface area (Å²) in [4.78, 5) is 2.37. The number of sulfone groups is 1. The molecule has 0 saturated carbocycles. The second-order valence-electron chi connectivity index (χ2n) is 4.52. The molecule has 0 aromatic carbocycles. The fraction of sp³-hybridized carbons (Fsp3) is 1.00. The Morgan fingerprint density at radius 3 is 2.53 bits per heavy atom. The molecule has 0 amide bonds. The molecule has 1 unspecified atom stereocenters. The second kappa shape index (κ2) is 4.80. The number of rotatable bonds is 1. The van der Waals surface area contributed by atoms with Gasteiger partial charge in [-0.25, -0.2) is 8.42 Å². The fourth-order valence-corrected chi connectivity index (χ4v) is 3.69. The Hall–Kier alpha value is -0.130. The third kappa shape index (κ3) is 3.16. The molecule has 0 spiro atoms. The first kappa shape index (κ1) is 11.4. The number of nitrogens with zero attached hydrogens (tertiary/aromatic N) is 1. The summed E-state index contributed by atoms with van der Waals surface area (Å²) in [5.41, 5.74) is 0. The van der Waals surface area contributed by atoms with E-state index in [1.54, 1.807) is 0 Å². The van der Waals surface area contributed by atoms with Crippen LogP contribution in [0.15, 0.2) is 0 Å². The lowest BCUT2D eigenvalue weighted by Gasteiger charge is -2.33. The molecule has 2 heterocycles. The molecule has 0 aromatic heterocycles. The Morgan fingerprint density at radius 2 is 1.80 bits per heavy atom. The first-order chi connectivity index (χ1) is 7.17. The molecule has 0 aliphatic carbocycles. The third-order valence-electron chi connectivity index (χ3n) is 3.44. The molecular weight excluding hydrogens is 212 g/mol. The average Bonchev–Trinajstić information content (AvgIpc) is 2.46. The summed E-state index contributed by atoms with van der Waals surface area (Å²) in [5, 5.41) is 3.39. The highest BCUT2D eigenvalue weighted by Gasteiger charge is 2.27. The Morgan fingerprint density at radius 1 is 1.07 bits per heavy atom. The SMILES string of the molecule is O=S1(=O)CCN(C2CCCNCC2)CC1. The molecule has 1 N–H and O–H groups in total. The summed E-state index contributed by atoms with van der Waals surface area (Å²) in [6, 6.07) is 0.607. The molecule has 0 radical (unpaired) electrons. The van der Waals surface area contributed by atoms with Crippen molar-refractivity contribution in [1.82, 2.24) is 10.2 Å². The van der Waals surface area contributed by atoms with E-state index in [0.717, 1.165) is 26.2 Å². The summed E-state index contributed by atoms with van der Waals surface area (Å²) in [7, 11) is -2.72. The molecule has 2 aliphatic heterocycles. The van der Waals surface area contributed by atoms with Crippen LogP contribution in [-0.2, 0) is 9.84 Å². The largest absolute Gasteiger partial charge is 0.317 e. The van der Waals surface area contributed by atoms with E-state index in [1.807, 2.05) is 0 Å². The predicted octanol–water partition coefficient (Wildman–Crippen LogP) is -0.141. The van der Waals surface area contributed by atoms with Crippen molar-refractivity contribution in [3.8, 4) is 0 Å². The Balaban J connectivity index is 1.88. The lowest BCUT2D eigenvalue weighted by molar-refractivity contribution is 0.197. The molecule has 4 nitrogen and oxygen atoms in total. The zero-order valence-electron chi connectivity index (χ0n) is 9.11. The van der Waals surface area contributed by atoms with Gasteiger partial charge in [0.1, 0.15) is 0 Å². The summed E-state index contributed by atoms with van der Waals surface area (Å²) >= 11 is 0. The van der Waals surface area contributed by atoms with Crippen LogP contribution >= 0.6 is 0 Å². The van der Waals surface area contributed by atoms with Crippen LogP contribution in [0.25, 0.3) is 0 Å². The second-order valence-corrected chi connectivity index (χ2v) is 6.83. The standard InChI is InChI=1S/C10H20N2O2S/c13-15(14)8-6-12(7-9-15)10-2-1-4-11-5-3-10/h10-11H,1-9H2. The van der Waals surface area contributed by atoms with Crippen molar-refractivity contribution in [3.63, 3.8) is 0 Å². The molecular formula is C10H20N2O2S. The maximum atomic E-state index is 11.3. The zero-order valence-corrected chi connectivity index (χ0v) is 9.93. The first-order valence-electron chi connectivity index (χ1n) is 5.82. The molecule has 2 fully saturated rings. The zero-order chi connectivity index (χ0) is 10.7. The molecule has 2 saturated heterocycles. The van der Waals surface area contributed by atoms with Crippen LogP contribution in [0.2, 0.25) is 0 Å². The molecule has 2 aliphatic rings. The van der Waals surface area contributed by atoms with Gasteiger partial charge < -0.3 is 5.32 Å². The van der Waals surface area contributed by atoms with Crippen molar-refractivity contribution in [3.05, 3.63) is 0 Å². The normalized spacial score (nSPS) is 33.5. The van der Waals surface area contributed by atoms with E-state index < -0.39 is 9.84 Å². The van der Waals surface area contributed by atoms with Crippen molar-refractivity contribution >= 4 is 9.84 Å². The van der Waals surface area contributed by atoms with Crippen molar-refractivity contribution in [2.75, 3.05) is 37.7 Å². The Labute approximate surface area is 91.9 Å². The van der Waals surface area contributed by atoms with Gasteiger partial charge in [-0.2, -0.15) is 0 Å². The van der Waals surface area contributed by atoms with Crippen molar-refractivity contribution in [2.24, 2.45) is 0 Å². The van der Waals surface area contributed by atoms with Gasteiger partial charge in [0.05, 0.1) is 11.5 Å². The van der Waals surface area contributed by atoms with E-state index in [2.05, 4.69) is 10.2 Å². The highest BCUT2D eigenvalue weighted by atomic mass is 32.2. The number of hydrogen-bond acceptors (Lipinski definition) is 4. The van der Waals surface area contributed by atoms with Crippen molar-refractivity contribution in [1.29, 1.82) is 0 Å². The van der Waals surface area contributed by atoms with Gasteiger partial charge in [0, 0.05) is 19.1 Å². The van der Waals surface area contributed by atoms with Gasteiger partial charge in [-0.15, -0.1) is 0 Å². The smallest absolute Gasteiger partial charge is 0.152 e. The molecule has 88 valence electrons. The van der Waals surface area contributed by atoms with Gasteiger partial charge in [-0.1, -0.05) is 0 Å². The maximum absolute atomic E-state index is 11.3. The molecule has 15 heavy (non-hydrogen) atoms. The van der Waals surface area contributed by atoms with Crippen LogP contribution < -0.4 is 5.32 Å². The van der Waals surface area contributed by atoms with Crippen molar-refractivity contribution in [2.45, 2.75) is 25.3 Å². The lowest BCUT2D eigenvalue weighted by Crippen LogP contribution is -2.46. The summed E-state index contributed by atoms with van der Waals surface area (Å²) < 4.78 is 22.6. The molecule has 0 aromatic rings. The van der Waals surface area contributed by atoms with Crippen molar-refractivity contribution < 1.29 is 8.42 Å². The third-order valence-corrected chi connectivity index (χ3v) is 5.05. The molecule has 2 rings (SSSR count). The quantitative estimate of drug-likeness (QED) is 0.683. The van der Waals surface area contributed by atoms with Crippen LogP contribution in [0, 0.1) is 0 Å². The van der Waals surface area contributed by atoms with E-state index >= 15 is 0 Å². The highest BCUT2D eigenvalue weighted by Crippen LogP contribution is 2.16. The first-order valence-corrected chi connectivity index (χ1v) is 7.65. The average molecular weight is 232 g/mol.